The lowest BCUT2D eigenvalue weighted by Crippen LogP contribution is -2.48. The second-order valence-electron chi connectivity index (χ2n) is 4.89. The van der Waals surface area contributed by atoms with Crippen molar-refractivity contribution >= 4 is 32.3 Å². The van der Waals surface area contributed by atoms with Crippen LogP contribution in [0.1, 0.15) is 18.4 Å². The zero-order chi connectivity index (χ0) is 15.9. The number of hydrogen-bond acceptors (Lipinski definition) is 6. The molecular formula is C9H11F3N4O3S2. The SMILES string of the molecule is CC1(NC(=O)Nc2nnc(C(F)(F)F)s2)CCS(=O)(=O)C1. The molecule has 1 fully saturated rings. The fraction of sp³-hybridized carbons (Fsp3) is 0.667. The van der Waals surface area contributed by atoms with E-state index in [1.807, 2.05) is 0 Å². The summed E-state index contributed by atoms with van der Waals surface area (Å²) in [5, 5.41) is 9.19. The molecule has 1 unspecified atom stereocenters. The predicted octanol–water partition coefficient (Wildman–Crippen LogP) is 1.26. The number of halogens is 3. The van der Waals surface area contributed by atoms with Crippen LogP contribution in [0.15, 0.2) is 0 Å². The number of nitrogens with one attached hydrogen (secondary N) is 2. The smallest absolute Gasteiger partial charge is 0.332 e. The van der Waals surface area contributed by atoms with Crippen LogP contribution < -0.4 is 10.6 Å². The Morgan fingerprint density at radius 2 is 2.05 bits per heavy atom. The first-order valence-corrected chi connectivity index (χ1v) is 8.33. The molecule has 1 aromatic rings. The molecule has 0 bridgehead atoms. The van der Waals surface area contributed by atoms with Crippen molar-refractivity contribution in [3.05, 3.63) is 5.01 Å². The van der Waals surface area contributed by atoms with Gasteiger partial charge in [0.2, 0.25) is 10.1 Å². The van der Waals surface area contributed by atoms with Gasteiger partial charge in [-0.25, -0.2) is 13.2 Å². The zero-order valence-corrected chi connectivity index (χ0v) is 12.3. The maximum atomic E-state index is 12.3. The average Bonchev–Trinajstić information content (AvgIpc) is 2.82. The van der Waals surface area contributed by atoms with E-state index in [0.717, 1.165) is 0 Å². The van der Waals surface area contributed by atoms with Gasteiger partial charge in [-0.15, -0.1) is 10.2 Å². The van der Waals surface area contributed by atoms with E-state index >= 15 is 0 Å². The van der Waals surface area contributed by atoms with Gasteiger partial charge in [0.15, 0.2) is 9.84 Å². The molecule has 0 aromatic carbocycles. The standard InChI is InChI=1S/C9H11F3N4O3S2/c1-8(2-3-21(18,19)4-8)14-6(17)13-7-16-15-5(20-7)9(10,11)12/h2-4H2,1H3,(H2,13,14,16,17). The lowest BCUT2D eigenvalue weighted by molar-refractivity contribution is -0.138. The summed E-state index contributed by atoms with van der Waals surface area (Å²) in [4.78, 5) is 11.7. The second kappa shape index (κ2) is 5.09. The molecule has 2 rings (SSSR count). The molecule has 2 amide bonds. The van der Waals surface area contributed by atoms with Crippen LogP contribution in [-0.4, -0.2) is 41.7 Å². The summed E-state index contributed by atoms with van der Waals surface area (Å²) >= 11 is 0.187. The van der Waals surface area contributed by atoms with Crippen LogP contribution in [0.5, 0.6) is 0 Å². The molecule has 0 radical (unpaired) electrons. The number of aromatic nitrogens is 2. The van der Waals surface area contributed by atoms with Crippen molar-refractivity contribution in [2.24, 2.45) is 0 Å². The van der Waals surface area contributed by atoms with Crippen molar-refractivity contribution in [1.82, 2.24) is 15.5 Å². The number of amides is 2. The fourth-order valence-corrected chi connectivity index (χ4v) is 4.60. The highest BCUT2D eigenvalue weighted by Gasteiger charge is 2.40. The maximum absolute atomic E-state index is 12.3. The maximum Gasteiger partial charge on any atom is 0.445 e. The summed E-state index contributed by atoms with van der Waals surface area (Å²) in [5.74, 6) is -0.252. The summed E-state index contributed by atoms with van der Waals surface area (Å²) in [6, 6.07) is -0.820. The van der Waals surface area contributed by atoms with E-state index in [1.54, 1.807) is 6.92 Å². The van der Waals surface area contributed by atoms with Crippen molar-refractivity contribution < 1.29 is 26.4 Å². The Morgan fingerprint density at radius 1 is 1.38 bits per heavy atom. The lowest BCUT2D eigenvalue weighted by Gasteiger charge is -2.23. The number of carbonyl (C=O) groups excluding carboxylic acids is 1. The van der Waals surface area contributed by atoms with Gasteiger partial charge in [-0.3, -0.25) is 5.32 Å². The Kier molecular flexibility index (Phi) is 3.86. The highest BCUT2D eigenvalue weighted by molar-refractivity contribution is 7.91. The number of nitrogens with zero attached hydrogens (tertiary/aromatic N) is 2. The van der Waals surface area contributed by atoms with E-state index in [4.69, 9.17) is 0 Å². The molecule has 1 aliphatic heterocycles. The van der Waals surface area contributed by atoms with Gasteiger partial charge in [0, 0.05) is 0 Å². The van der Waals surface area contributed by atoms with E-state index in [9.17, 15) is 26.4 Å². The predicted molar refractivity (Wildman–Crippen MR) is 68.7 cm³/mol. The van der Waals surface area contributed by atoms with Crippen molar-refractivity contribution in [1.29, 1.82) is 0 Å². The molecule has 1 atom stereocenters. The molecule has 1 aromatic heterocycles. The molecule has 1 saturated heterocycles. The van der Waals surface area contributed by atoms with E-state index in [1.165, 1.54) is 0 Å². The summed E-state index contributed by atoms with van der Waals surface area (Å²) in [6.45, 7) is 1.55. The Bertz CT molecular complexity index is 657. The van der Waals surface area contributed by atoms with Crippen LogP contribution in [0.2, 0.25) is 0 Å². The highest BCUT2D eigenvalue weighted by atomic mass is 32.2. The Hall–Kier alpha value is -1.43. The molecule has 21 heavy (non-hydrogen) atoms. The normalized spacial score (nSPS) is 24.8. The largest absolute Gasteiger partial charge is 0.445 e. The molecule has 2 heterocycles. The molecule has 0 aliphatic carbocycles. The van der Waals surface area contributed by atoms with E-state index in [0.29, 0.717) is 0 Å². The van der Waals surface area contributed by atoms with Crippen LogP contribution in [0.25, 0.3) is 0 Å². The average molecular weight is 344 g/mol. The van der Waals surface area contributed by atoms with Gasteiger partial charge in [-0.05, 0) is 13.3 Å². The Labute approximate surface area is 121 Å². The van der Waals surface area contributed by atoms with Gasteiger partial charge >= 0.3 is 12.2 Å². The first kappa shape index (κ1) is 15.9. The van der Waals surface area contributed by atoms with Gasteiger partial charge < -0.3 is 5.32 Å². The second-order valence-corrected chi connectivity index (χ2v) is 8.05. The van der Waals surface area contributed by atoms with Crippen molar-refractivity contribution in [3.8, 4) is 0 Å². The summed E-state index contributed by atoms with van der Waals surface area (Å²) in [6.07, 6.45) is -4.38. The minimum atomic E-state index is -4.63. The van der Waals surface area contributed by atoms with Gasteiger partial charge in [-0.2, -0.15) is 13.2 Å². The quantitative estimate of drug-likeness (QED) is 0.841. The van der Waals surface area contributed by atoms with Crippen molar-refractivity contribution in [2.45, 2.75) is 25.1 Å². The summed E-state index contributed by atoms with van der Waals surface area (Å²) in [5.41, 5.74) is -0.944. The van der Waals surface area contributed by atoms with Gasteiger partial charge in [0.05, 0.1) is 17.0 Å². The van der Waals surface area contributed by atoms with Crippen LogP contribution in [0, 0.1) is 0 Å². The molecule has 7 nitrogen and oxygen atoms in total. The molecule has 12 heteroatoms. The topological polar surface area (TPSA) is 101 Å². The Balaban J connectivity index is 1.98. The minimum Gasteiger partial charge on any atom is -0.332 e. The molecule has 1 aliphatic rings. The first-order valence-electron chi connectivity index (χ1n) is 5.69. The summed E-state index contributed by atoms with van der Waals surface area (Å²) in [7, 11) is -3.20. The number of urea groups is 1. The monoisotopic (exact) mass is 344 g/mol. The highest BCUT2D eigenvalue weighted by Crippen LogP contribution is 2.33. The lowest BCUT2D eigenvalue weighted by atomic mass is 10.0. The van der Waals surface area contributed by atoms with E-state index in [-0.39, 0.29) is 34.4 Å². The van der Waals surface area contributed by atoms with Crippen molar-refractivity contribution in [2.75, 3.05) is 16.8 Å². The van der Waals surface area contributed by atoms with Gasteiger partial charge in [0.25, 0.3) is 0 Å². The zero-order valence-electron chi connectivity index (χ0n) is 10.7. The molecule has 0 spiro atoms. The first-order chi connectivity index (χ1) is 9.49. The third-order valence-electron chi connectivity index (χ3n) is 2.81. The molecular weight excluding hydrogens is 333 g/mol. The number of hydrogen-bond donors (Lipinski definition) is 2. The van der Waals surface area contributed by atoms with Gasteiger partial charge in [0.1, 0.15) is 0 Å². The number of rotatable bonds is 2. The van der Waals surface area contributed by atoms with Crippen LogP contribution >= 0.6 is 11.3 Å². The van der Waals surface area contributed by atoms with Crippen LogP contribution in [-0.2, 0) is 16.0 Å². The minimum absolute atomic E-state index is 0.0409. The number of carbonyl (C=O) groups is 1. The van der Waals surface area contributed by atoms with E-state index < -0.39 is 32.6 Å². The number of alkyl halides is 3. The fourth-order valence-electron chi connectivity index (χ4n) is 1.90. The Morgan fingerprint density at radius 3 is 2.52 bits per heavy atom. The van der Waals surface area contributed by atoms with Gasteiger partial charge in [-0.1, -0.05) is 11.3 Å². The molecule has 0 saturated carbocycles. The number of anilines is 1. The molecule has 118 valence electrons. The van der Waals surface area contributed by atoms with Crippen LogP contribution in [0.4, 0.5) is 23.1 Å². The molecule has 2 N–H and O–H groups in total. The van der Waals surface area contributed by atoms with E-state index in [2.05, 4.69) is 20.8 Å². The third kappa shape index (κ3) is 4.03. The summed E-state index contributed by atoms with van der Waals surface area (Å²) < 4.78 is 59.7. The van der Waals surface area contributed by atoms with Crippen LogP contribution in [0.3, 0.4) is 0 Å². The number of sulfone groups is 1. The van der Waals surface area contributed by atoms with Crippen molar-refractivity contribution in [3.63, 3.8) is 0 Å². The third-order valence-corrected chi connectivity index (χ3v) is 5.59.